The van der Waals surface area contributed by atoms with Gasteiger partial charge in [0.25, 0.3) is 0 Å². The molecule has 0 aliphatic carbocycles. The van der Waals surface area contributed by atoms with Crippen molar-refractivity contribution in [3.05, 3.63) is 0 Å². The molecule has 0 spiro atoms. The first-order valence-corrected chi connectivity index (χ1v) is 9.11. The van der Waals surface area contributed by atoms with Gasteiger partial charge in [-0.05, 0) is 57.0 Å². The van der Waals surface area contributed by atoms with E-state index in [0.29, 0.717) is 0 Å². The number of aliphatic imine (C=N–C) groups is 1. The summed E-state index contributed by atoms with van der Waals surface area (Å²) >= 11 is 2.08. The quantitative estimate of drug-likeness (QED) is 0.604. The Labute approximate surface area is 127 Å². The van der Waals surface area contributed by atoms with E-state index < -0.39 is 0 Å². The maximum Gasteiger partial charge on any atom is 0.191 e. The van der Waals surface area contributed by atoms with Gasteiger partial charge in [0.05, 0.1) is 12.1 Å². The second-order valence-corrected chi connectivity index (χ2v) is 7.26. The fraction of sp³-hybridized carbons (Fsp3) is 0.933. The van der Waals surface area contributed by atoms with Gasteiger partial charge in [0.2, 0.25) is 0 Å². The second-order valence-electron chi connectivity index (χ2n) is 6.03. The normalized spacial score (nSPS) is 28.6. The van der Waals surface area contributed by atoms with Crippen LogP contribution in [-0.4, -0.2) is 49.3 Å². The van der Waals surface area contributed by atoms with Crippen LogP contribution in [0.25, 0.3) is 0 Å². The summed E-state index contributed by atoms with van der Waals surface area (Å²) in [7, 11) is 0. The number of nitrogens with one attached hydrogen (secondary N) is 2. The predicted molar refractivity (Wildman–Crippen MR) is 87.6 cm³/mol. The van der Waals surface area contributed by atoms with Crippen LogP contribution in [0.2, 0.25) is 0 Å². The van der Waals surface area contributed by atoms with E-state index in [9.17, 15) is 0 Å². The lowest BCUT2D eigenvalue weighted by Gasteiger charge is -2.24. The molecule has 20 heavy (non-hydrogen) atoms. The number of guanidine groups is 1. The fourth-order valence-electron chi connectivity index (χ4n) is 2.74. The van der Waals surface area contributed by atoms with E-state index in [2.05, 4.69) is 36.2 Å². The van der Waals surface area contributed by atoms with E-state index in [4.69, 9.17) is 9.73 Å². The number of hydrogen-bond acceptors (Lipinski definition) is 3. The van der Waals surface area contributed by atoms with Crippen molar-refractivity contribution in [1.82, 2.24) is 10.6 Å². The molecule has 0 amide bonds. The van der Waals surface area contributed by atoms with E-state index in [0.717, 1.165) is 51.0 Å². The summed E-state index contributed by atoms with van der Waals surface area (Å²) in [4.78, 5) is 4.72. The van der Waals surface area contributed by atoms with Crippen LogP contribution in [0, 0.1) is 5.92 Å². The zero-order valence-corrected chi connectivity index (χ0v) is 13.7. The van der Waals surface area contributed by atoms with Crippen LogP contribution in [0.15, 0.2) is 4.99 Å². The number of rotatable bonds is 5. The van der Waals surface area contributed by atoms with Crippen LogP contribution in [-0.2, 0) is 4.74 Å². The molecule has 2 heterocycles. The van der Waals surface area contributed by atoms with Crippen molar-refractivity contribution in [2.75, 3.05) is 37.7 Å². The minimum absolute atomic E-state index is 0.0518. The van der Waals surface area contributed by atoms with Gasteiger partial charge in [0, 0.05) is 19.7 Å². The van der Waals surface area contributed by atoms with Gasteiger partial charge < -0.3 is 15.4 Å². The van der Waals surface area contributed by atoms with Crippen molar-refractivity contribution in [1.29, 1.82) is 0 Å². The molecule has 0 aromatic heterocycles. The molecule has 2 fully saturated rings. The number of thioether (sulfide) groups is 1. The predicted octanol–water partition coefficient (Wildman–Crippen LogP) is 2.25. The Balaban J connectivity index is 1.78. The topological polar surface area (TPSA) is 45.7 Å². The van der Waals surface area contributed by atoms with Crippen molar-refractivity contribution in [2.24, 2.45) is 10.9 Å². The Morgan fingerprint density at radius 3 is 2.80 bits per heavy atom. The van der Waals surface area contributed by atoms with Crippen molar-refractivity contribution in [3.8, 4) is 0 Å². The largest absolute Gasteiger partial charge is 0.373 e. The van der Waals surface area contributed by atoms with E-state index in [-0.39, 0.29) is 5.60 Å². The van der Waals surface area contributed by atoms with Crippen LogP contribution in [0.3, 0.4) is 0 Å². The Bertz CT molecular complexity index is 310. The molecule has 2 saturated heterocycles. The Morgan fingerprint density at radius 2 is 2.15 bits per heavy atom. The average Bonchev–Trinajstić information content (AvgIpc) is 2.90. The molecule has 1 atom stereocenters. The van der Waals surface area contributed by atoms with Crippen molar-refractivity contribution in [2.45, 2.75) is 45.1 Å². The molecule has 5 heteroatoms. The number of ether oxygens (including phenoxy) is 1. The summed E-state index contributed by atoms with van der Waals surface area (Å²) in [6.45, 7) is 7.88. The van der Waals surface area contributed by atoms with Gasteiger partial charge in [0.15, 0.2) is 5.96 Å². The van der Waals surface area contributed by atoms with Crippen molar-refractivity contribution < 1.29 is 4.74 Å². The fourth-order valence-corrected chi connectivity index (χ4v) is 3.95. The highest BCUT2D eigenvalue weighted by molar-refractivity contribution is 7.99. The zero-order valence-electron chi connectivity index (χ0n) is 12.9. The molecule has 0 aromatic carbocycles. The van der Waals surface area contributed by atoms with E-state index >= 15 is 0 Å². The third-order valence-corrected chi connectivity index (χ3v) is 5.16. The maximum atomic E-state index is 5.80. The molecular weight excluding hydrogens is 270 g/mol. The van der Waals surface area contributed by atoms with E-state index in [1.54, 1.807) is 0 Å². The van der Waals surface area contributed by atoms with Gasteiger partial charge >= 0.3 is 0 Å². The summed E-state index contributed by atoms with van der Waals surface area (Å²) in [6.07, 6.45) is 4.95. The molecule has 2 N–H and O–H groups in total. The van der Waals surface area contributed by atoms with Gasteiger partial charge in [0.1, 0.15) is 0 Å². The number of nitrogens with zero attached hydrogens (tertiary/aromatic N) is 1. The average molecular weight is 299 g/mol. The van der Waals surface area contributed by atoms with Crippen molar-refractivity contribution in [3.63, 3.8) is 0 Å². The molecule has 2 aliphatic heterocycles. The van der Waals surface area contributed by atoms with Crippen LogP contribution in [0.1, 0.15) is 39.5 Å². The zero-order chi connectivity index (χ0) is 14.3. The molecule has 0 aromatic rings. The third-order valence-electron chi connectivity index (χ3n) is 4.12. The highest BCUT2D eigenvalue weighted by Gasteiger charge is 2.29. The lowest BCUT2D eigenvalue weighted by molar-refractivity contribution is 0.0283. The lowest BCUT2D eigenvalue weighted by atomic mass is 10.0. The molecule has 0 bridgehead atoms. The molecule has 116 valence electrons. The molecular formula is C15H29N3OS. The smallest absolute Gasteiger partial charge is 0.191 e. The maximum absolute atomic E-state index is 5.80. The first-order valence-electron chi connectivity index (χ1n) is 7.96. The van der Waals surface area contributed by atoms with Crippen molar-refractivity contribution >= 4 is 17.7 Å². The molecule has 2 rings (SSSR count). The molecule has 2 aliphatic rings. The van der Waals surface area contributed by atoms with E-state index in [1.165, 1.54) is 24.3 Å². The molecule has 0 saturated carbocycles. The first kappa shape index (κ1) is 16.0. The van der Waals surface area contributed by atoms with Crippen LogP contribution < -0.4 is 10.6 Å². The molecule has 1 unspecified atom stereocenters. The van der Waals surface area contributed by atoms with Gasteiger partial charge in [-0.25, -0.2) is 0 Å². The molecule has 0 radical (unpaired) electrons. The van der Waals surface area contributed by atoms with Crippen LogP contribution >= 0.6 is 11.8 Å². The Morgan fingerprint density at radius 1 is 1.35 bits per heavy atom. The summed E-state index contributed by atoms with van der Waals surface area (Å²) in [5, 5.41) is 6.85. The number of hydrogen-bond donors (Lipinski definition) is 2. The van der Waals surface area contributed by atoms with E-state index in [1.807, 2.05) is 0 Å². The lowest BCUT2D eigenvalue weighted by Crippen LogP contribution is -2.41. The van der Waals surface area contributed by atoms with Gasteiger partial charge in [-0.15, -0.1) is 0 Å². The van der Waals surface area contributed by atoms with Gasteiger partial charge in [-0.2, -0.15) is 11.8 Å². The summed E-state index contributed by atoms with van der Waals surface area (Å²) in [5.74, 6) is 4.37. The highest BCUT2D eigenvalue weighted by Crippen LogP contribution is 2.25. The summed E-state index contributed by atoms with van der Waals surface area (Å²) < 4.78 is 5.80. The van der Waals surface area contributed by atoms with Crippen LogP contribution in [0.5, 0.6) is 0 Å². The monoisotopic (exact) mass is 299 g/mol. The summed E-state index contributed by atoms with van der Waals surface area (Å²) in [5.41, 5.74) is -0.0518. The minimum atomic E-state index is -0.0518. The second kappa shape index (κ2) is 8.13. The Kier molecular flexibility index (Phi) is 6.49. The standard InChI is InChI=1S/C15H29N3OS/c1-3-16-14(17-11-13-5-9-20-10-6-13)18-12-15(2)7-4-8-19-15/h13H,3-12H2,1-2H3,(H2,16,17,18). The van der Waals surface area contributed by atoms with Gasteiger partial charge in [-0.3, -0.25) is 4.99 Å². The molecule has 4 nitrogen and oxygen atoms in total. The summed E-state index contributed by atoms with van der Waals surface area (Å²) in [6, 6.07) is 0. The third kappa shape index (κ3) is 5.17. The minimum Gasteiger partial charge on any atom is -0.373 e. The van der Waals surface area contributed by atoms with Crippen LogP contribution in [0.4, 0.5) is 0 Å². The highest BCUT2D eigenvalue weighted by atomic mass is 32.2. The Hall–Kier alpha value is -0.420. The first-order chi connectivity index (χ1) is 9.72. The SMILES string of the molecule is CCNC(=NCC1(C)CCCO1)NCC1CCSCC1. The van der Waals surface area contributed by atoms with Gasteiger partial charge in [-0.1, -0.05) is 0 Å².